The van der Waals surface area contributed by atoms with E-state index >= 15 is 0 Å². The number of hydrogen-bond acceptors (Lipinski definition) is 11. The minimum Gasteiger partial charge on any atom is -0.394 e. The number of anilines is 1. The number of hydrogen-bond donors (Lipinski definition) is 4. The number of ether oxygens (including phenoxy) is 1. The van der Waals surface area contributed by atoms with Crippen molar-refractivity contribution in [3.05, 3.63) is 36.9 Å². The van der Waals surface area contributed by atoms with Gasteiger partial charge in [-0.2, -0.15) is 0 Å². The molecule has 1 saturated heterocycles. The molecule has 0 saturated carbocycles. The second-order valence-corrected chi connectivity index (χ2v) is 10.0. The molecule has 1 fully saturated rings. The van der Waals surface area contributed by atoms with Crippen LogP contribution in [0.2, 0.25) is 0 Å². The van der Waals surface area contributed by atoms with Gasteiger partial charge in [0, 0.05) is 11.7 Å². The Balaban J connectivity index is 1.53. The first-order valence-electron chi connectivity index (χ1n) is 10.0. The summed E-state index contributed by atoms with van der Waals surface area (Å²) >= 11 is 3.13. The molecular weight excluding hydrogens is 452 g/mol. The van der Waals surface area contributed by atoms with Crippen molar-refractivity contribution in [3.8, 4) is 0 Å². The highest BCUT2D eigenvalue weighted by Gasteiger charge is 2.58. The van der Waals surface area contributed by atoms with E-state index in [0.717, 1.165) is 14.6 Å². The molecule has 0 radical (unpaired) electrons. The largest absolute Gasteiger partial charge is 0.394 e. The number of para-hydroxylation sites is 1. The van der Waals surface area contributed by atoms with Crippen molar-refractivity contribution in [2.75, 3.05) is 18.1 Å². The van der Waals surface area contributed by atoms with Crippen LogP contribution in [0, 0.1) is 5.92 Å². The van der Waals surface area contributed by atoms with E-state index in [0.29, 0.717) is 16.9 Å². The predicted molar refractivity (Wildman–Crippen MR) is 121 cm³/mol. The minimum absolute atomic E-state index is 0.201. The van der Waals surface area contributed by atoms with E-state index in [2.05, 4.69) is 19.9 Å². The zero-order valence-corrected chi connectivity index (χ0v) is 18.7. The molecule has 5 rings (SSSR count). The van der Waals surface area contributed by atoms with Crippen LogP contribution in [0.4, 0.5) is 5.82 Å². The Labute approximate surface area is 191 Å². The maximum atomic E-state index is 11.2. The van der Waals surface area contributed by atoms with Gasteiger partial charge in [-0.05, 0) is 12.1 Å². The molecule has 4 heterocycles. The summed E-state index contributed by atoms with van der Waals surface area (Å²) in [5, 5.41) is 31.5. The Hall–Kier alpha value is -2.35. The van der Waals surface area contributed by atoms with Gasteiger partial charge in [0.1, 0.15) is 30.2 Å². The number of nitrogens with two attached hydrogens (primary N) is 1. The monoisotopic (exact) mass is 474 g/mol. The summed E-state index contributed by atoms with van der Waals surface area (Å²) in [7, 11) is 0. The maximum Gasteiger partial charge on any atom is 0.179 e. The third kappa shape index (κ3) is 3.26. The van der Waals surface area contributed by atoms with E-state index in [4.69, 9.17) is 10.5 Å². The van der Waals surface area contributed by atoms with Gasteiger partial charge in [0.2, 0.25) is 0 Å². The molecule has 5 N–H and O–H groups in total. The van der Waals surface area contributed by atoms with Gasteiger partial charge in [-0.25, -0.2) is 19.9 Å². The Morgan fingerprint density at radius 2 is 2.09 bits per heavy atom. The minimum atomic E-state index is -1.42. The van der Waals surface area contributed by atoms with Gasteiger partial charge >= 0.3 is 0 Å². The Kier molecular flexibility index (Phi) is 5.51. The summed E-state index contributed by atoms with van der Waals surface area (Å²) < 4.78 is 9.74. The number of imidazole rings is 1. The number of thiazole rings is 1. The lowest BCUT2D eigenvalue weighted by molar-refractivity contribution is -0.172. The Morgan fingerprint density at radius 1 is 1.28 bits per heavy atom. The van der Waals surface area contributed by atoms with Gasteiger partial charge in [-0.3, -0.25) is 4.57 Å². The van der Waals surface area contributed by atoms with E-state index < -0.39 is 30.6 Å². The molecule has 1 aliphatic heterocycles. The number of benzene rings is 1. The summed E-state index contributed by atoms with van der Waals surface area (Å²) in [5.74, 6) is 0.378. The lowest BCUT2D eigenvalue weighted by atomic mass is 9.91. The van der Waals surface area contributed by atoms with Gasteiger partial charge in [0.05, 0.1) is 23.2 Å². The Morgan fingerprint density at radius 3 is 2.84 bits per heavy atom. The number of aliphatic hydroxyl groups is 3. The van der Waals surface area contributed by atoms with E-state index in [-0.39, 0.29) is 11.7 Å². The molecule has 1 aromatic carbocycles. The average molecular weight is 475 g/mol. The molecule has 10 nitrogen and oxygen atoms in total. The molecule has 4 aromatic rings. The lowest BCUT2D eigenvalue weighted by Crippen LogP contribution is -2.51. The van der Waals surface area contributed by atoms with Crippen molar-refractivity contribution >= 4 is 50.3 Å². The molecule has 1 aliphatic rings. The highest BCUT2D eigenvalue weighted by Crippen LogP contribution is 2.45. The SMILES string of the molecule is C[C@@H](CSc1nc2ccccc2s1)[C@@]1(n2cnc3c(N)ncnc32)O[C@H](CO)[C@@H](O)[C@H]1O. The van der Waals surface area contributed by atoms with Crippen LogP contribution in [-0.2, 0) is 10.5 Å². The summed E-state index contributed by atoms with van der Waals surface area (Å²) in [6.07, 6.45) is -0.794. The van der Waals surface area contributed by atoms with Gasteiger partial charge in [0.15, 0.2) is 21.5 Å². The van der Waals surface area contributed by atoms with Crippen LogP contribution < -0.4 is 5.73 Å². The number of nitrogen functional groups attached to an aromatic ring is 1. The number of fused-ring (bicyclic) bond motifs is 2. The van der Waals surface area contributed by atoms with Crippen molar-refractivity contribution in [1.82, 2.24) is 24.5 Å². The van der Waals surface area contributed by atoms with Crippen LogP contribution in [-0.4, -0.2) is 70.5 Å². The highest BCUT2D eigenvalue weighted by molar-refractivity contribution is 8.01. The van der Waals surface area contributed by atoms with Gasteiger partial charge in [0.25, 0.3) is 0 Å². The summed E-state index contributed by atoms with van der Waals surface area (Å²) in [4.78, 5) is 17.2. The third-order valence-corrected chi connectivity index (χ3v) is 8.26. The molecule has 0 bridgehead atoms. The normalized spacial score (nSPS) is 26.8. The number of thioether (sulfide) groups is 1. The van der Waals surface area contributed by atoms with E-state index in [1.807, 2.05) is 31.2 Å². The number of aromatic nitrogens is 5. The van der Waals surface area contributed by atoms with Crippen LogP contribution in [0.3, 0.4) is 0 Å². The zero-order chi connectivity index (χ0) is 22.5. The maximum absolute atomic E-state index is 11.2. The van der Waals surface area contributed by atoms with E-state index in [9.17, 15) is 15.3 Å². The second-order valence-electron chi connectivity index (χ2n) is 7.73. The number of rotatable bonds is 6. The van der Waals surface area contributed by atoms with E-state index in [1.165, 1.54) is 24.4 Å². The molecule has 32 heavy (non-hydrogen) atoms. The first kappa shape index (κ1) is 21.5. The smallest absolute Gasteiger partial charge is 0.179 e. The van der Waals surface area contributed by atoms with Crippen molar-refractivity contribution in [3.63, 3.8) is 0 Å². The molecule has 5 atom stereocenters. The van der Waals surface area contributed by atoms with E-state index in [1.54, 1.807) is 15.9 Å². The standard InChI is InChI=1S/C20H22N6O4S2/c1-10(7-31-19-25-11-4-2-3-5-13(11)32-19)20(16(29)15(28)12(6-27)30-20)26-9-24-14-17(21)22-8-23-18(14)26/h2-5,8-10,12,15-16,27-29H,6-7H2,1H3,(H2,21,22,23)/t10-,12+,15+,16+,20+/m0/s1. The second kappa shape index (κ2) is 8.21. The van der Waals surface area contributed by atoms with Crippen LogP contribution in [0.5, 0.6) is 0 Å². The zero-order valence-electron chi connectivity index (χ0n) is 17.1. The molecule has 168 valence electrons. The summed E-state index contributed by atoms with van der Waals surface area (Å²) in [6.45, 7) is 1.47. The van der Waals surface area contributed by atoms with Crippen LogP contribution in [0.1, 0.15) is 6.92 Å². The molecular formula is C20H22N6O4S2. The van der Waals surface area contributed by atoms with Crippen LogP contribution >= 0.6 is 23.1 Å². The third-order valence-electron chi connectivity index (χ3n) is 5.82. The fraction of sp³-hybridized carbons (Fsp3) is 0.400. The van der Waals surface area contributed by atoms with Gasteiger partial charge in [-0.15, -0.1) is 11.3 Å². The fourth-order valence-corrected chi connectivity index (χ4v) is 6.36. The first-order valence-corrected chi connectivity index (χ1v) is 11.8. The molecule has 0 aliphatic carbocycles. The molecule has 12 heteroatoms. The molecule has 0 spiro atoms. The molecule has 0 unspecified atom stereocenters. The van der Waals surface area contributed by atoms with Gasteiger partial charge in [-0.1, -0.05) is 30.8 Å². The van der Waals surface area contributed by atoms with Crippen molar-refractivity contribution < 1.29 is 20.1 Å². The molecule has 0 amide bonds. The van der Waals surface area contributed by atoms with Crippen molar-refractivity contribution in [2.24, 2.45) is 5.92 Å². The fourth-order valence-electron chi connectivity index (χ4n) is 4.16. The number of nitrogens with zero attached hydrogens (tertiary/aromatic N) is 5. The number of aliphatic hydroxyl groups excluding tert-OH is 3. The summed E-state index contributed by atoms with van der Waals surface area (Å²) in [5.41, 5.74) is 6.20. The summed E-state index contributed by atoms with van der Waals surface area (Å²) in [6, 6.07) is 7.92. The predicted octanol–water partition coefficient (Wildman–Crippen LogP) is 1.21. The van der Waals surface area contributed by atoms with Crippen molar-refractivity contribution in [1.29, 1.82) is 0 Å². The first-order chi connectivity index (χ1) is 15.5. The van der Waals surface area contributed by atoms with Crippen LogP contribution in [0.15, 0.2) is 41.3 Å². The molecule has 3 aromatic heterocycles. The Bertz CT molecular complexity index is 1230. The quantitative estimate of drug-likeness (QED) is 0.300. The van der Waals surface area contributed by atoms with Gasteiger partial charge < -0.3 is 25.8 Å². The average Bonchev–Trinajstić information content (AvgIpc) is 3.48. The lowest BCUT2D eigenvalue weighted by Gasteiger charge is -2.38. The topological polar surface area (TPSA) is 152 Å². The van der Waals surface area contributed by atoms with Crippen molar-refractivity contribution in [2.45, 2.75) is 35.3 Å². The highest BCUT2D eigenvalue weighted by atomic mass is 32.2. The van der Waals surface area contributed by atoms with Crippen LogP contribution in [0.25, 0.3) is 21.4 Å².